The fourth-order valence-corrected chi connectivity index (χ4v) is 4.43. The zero-order chi connectivity index (χ0) is 19.9. The highest BCUT2D eigenvalue weighted by Gasteiger charge is 2.43. The minimum absolute atomic E-state index is 0.0622. The Kier molecular flexibility index (Phi) is 8.67. The van der Waals surface area contributed by atoms with Crippen molar-refractivity contribution in [3.63, 3.8) is 0 Å². The van der Waals surface area contributed by atoms with E-state index in [0.717, 1.165) is 38.2 Å². The Morgan fingerprint density at radius 2 is 2.04 bits per heavy atom. The van der Waals surface area contributed by atoms with E-state index in [0.29, 0.717) is 31.8 Å². The molecule has 0 aromatic rings. The summed E-state index contributed by atoms with van der Waals surface area (Å²) in [5, 5.41) is 19.1. The second kappa shape index (κ2) is 10.5. The molecule has 0 aromatic carbocycles. The van der Waals surface area contributed by atoms with Crippen molar-refractivity contribution in [2.75, 3.05) is 6.61 Å². The number of unbranched alkanes of at least 4 members (excludes halogenated alkanes) is 2. The number of ether oxygens (including phenoxy) is 1. The number of fused-ring (bicyclic) bond motifs is 1. The lowest BCUT2D eigenvalue weighted by Gasteiger charge is -2.21. The van der Waals surface area contributed by atoms with Gasteiger partial charge in [-0.2, -0.15) is 0 Å². The molecule has 4 nitrogen and oxygen atoms in total. The van der Waals surface area contributed by atoms with Crippen LogP contribution in [0.25, 0.3) is 0 Å². The van der Waals surface area contributed by atoms with Crippen LogP contribution in [0.2, 0.25) is 0 Å². The molecule has 0 unspecified atom stereocenters. The van der Waals surface area contributed by atoms with Crippen molar-refractivity contribution in [3.8, 4) is 0 Å². The van der Waals surface area contributed by atoms with Gasteiger partial charge in [-0.05, 0) is 50.0 Å². The van der Waals surface area contributed by atoms with E-state index in [1.807, 2.05) is 6.92 Å². The van der Waals surface area contributed by atoms with E-state index in [4.69, 9.17) is 9.84 Å². The molecule has 27 heavy (non-hydrogen) atoms. The first-order chi connectivity index (χ1) is 12.8. The van der Waals surface area contributed by atoms with Crippen LogP contribution in [-0.4, -0.2) is 40.9 Å². The van der Waals surface area contributed by atoms with Crippen molar-refractivity contribution in [3.05, 3.63) is 12.2 Å². The maximum absolute atomic E-state index is 14.1. The van der Waals surface area contributed by atoms with Crippen LogP contribution < -0.4 is 0 Å². The SMILES string of the molecule is CCCCCC(F)(F)/C=C/[C@@H]1[C@H]2CC[C@H](CCCC(=O)O)CO[C@H]2C[C@H]1O. The van der Waals surface area contributed by atoms with Gasteiger partial charge in [0.15, 0.2) is 0 Å². The highest BCUT2D eigenvalue weighted by molar-refractivity contribution is 5.66. The maximum atomic E-state index is 14.1. The first kappa shape index (κ1) is 22.3. The van der Waals surface area contributed by atoms with Gasteiger partial charge in [-0.25, -0.2) is 8.78 Å². The van der Waals surface area contributed by atoms with Crippen molar-refractivity contribution in [1.82, 2.24) is 0 Å². The Hall–Kier alpha value is -1.01. The quantitative estimate of drug-likeness (QED) is 0.416. The van der Waals surface area contributed by atoms with E-state index in [-0.39, 0.29) is 30.8 Å². The van der Waals surface area contributed by atoms with Gasteiger partial charge >= 0.3 is 5.97 Å². The normalized spacial score (nSPS) is 31.8. The number of carboxylic acid groups (broad SMARTS) is 1. The smallest absolute Gasteiger partial charge is 0.303 e. The van der Waals surface area contributed by atoms with Crippen molar-refractivity contribution in [1.29, 1.82) is 0 Å². The molecule has 156 valence electrons. The number of hydrogen-bond donors (Lipinski definition) is 2. The third-order valence-corrected chi connectivity index (χ3v) is 6.02. The molecular weight excluding hydrogens is 354 g/mol. The summed E-state index contributed by atoms with van der Waals surface area (Å²) in [6.45, 7) is 2.56. The number of rotatable bonds is 10. The fraction of sp³-hybridized carbons (Fsp3) is 0.857. The number of hydrogen-bond acceptors (Lipinski definition) is 3. The summed E-state index contributed by atoms with van der Waals surface area (Å²) in [6.07, 6.45) is 7.70. The van der Waals surface area contributed by atoms with Crippen LogP contribution in [0.1, 0.15) is 71.1 Å². The molecule has 1 saturated heterocycles. The fourth-order valence-electron chi connectivity index (χ4n) is 4.43. The predicted octanol–water partition coefficient (Wildman–Crippen LogP) is 4.81. The van der Waals surface area contributed by atoms with Gasteiger partial charge in [0.2, 0.25) is 0 Å². The number of aliphatic hydroxyl groups excluding tert-OH is 1. The van der Waals surface area contributed by atoms with Gasteiger partial charge in [0.1, 0.15) is 0 Å². The molecule has 1 aliphatic heterocycles. The van der Waals surface area contributed by atoms with E-state index in [2.05, 4.69) is 0 Å². The molecule has 2 fully saturated rings. The zero-order valence-electron chi connectivity index (χ0n) is 16.3. The molecule has 1 heterocycles. The summed E-state index contributed by atoms with van der Waals surface area (Å²) in [5.41, 5.74) is 0. The largest absolute Gasteiger partial charge is 0.481 e. The molecule has 2 aliphatic rings. The summed E-state index contributed by atoms with van der Waals surface area (Å²) in [4.78, 5) is 10.7. The number of carbonyl (C=O) groups is 1. The van der Waals surface area contributed by atoms with Gasteiger partial charge in [0.05, 0.1) is 12.2 Å². The Morgan fingerprint density at radius 1 is 1.26 bits per heavy atom. The number of aliphatic hydroxyl groups is 1. The van der Waals surface area contributed by atoms with E-state index < -0.39 is 18.0 Å². The third-order valence-electron chi connectivity index (χ3n) is 6.02. The third kappa shape index (κ3) is 7.15. The molecule has 0 bridgehead atoms. The average molecular weight is 388 g/mol. The molecule has 1 aliphatic carbocycles. The van der Waals surface area contributed by atoms with Crippen LogP contribution in [0.15, 0.2) is 12.2 Å². The topological polar surface area (TPSA) is 66.8 Å². The van der Waals surface area contributed by atoms with Gasteiger partial charge in [0.25, 0.3) is 5.92 Å². The second-order valence-corrected chi connectivity index (χ2v) is 8.22. The predicted molar refractivity (Wildman–Crippen MR) is 99.8 cm³/mol. The minimum Gasteiger partial charge on any atom is -0.481 e. The highest BCUT2D eigenvalue weighted by Crippen LogP contribution is 2.42. The first-order valence-corrected chi connectivity index (χ1v) is 10.4. The Morgan fingerprint density at radius 3 is 2.74 bits per heavy atom. The van der Waals surface area contributed by atoms with E-state index in [1.54, 1.807) is 0 Å². The lowest BCUT2D eigenvalue weighted by Crippen LogP contribution is -2.22. The standard InChI is InChI=1S/C21H34F2O4/c1-2-3-4-11-21(22,23)12-10-16-17-9-8-15(6-5-7-20(25)26)14-27-19(17)13-18(16)24/h10,12,15-19,24H,2-9,11,13-14H2,1H3,(H,25,26)/b12-10+/t15-,16+,17+,18+,19-/m0/s1. The summed E-state index contributed by atoms with van der Waals surface area (Å²) in [7, 11) is 0. The van der Waals surface area contributed by atoms with Gasteiger partial charge < -0.3 is 14.9 Å². The molecular formula is C21H34F2O4. The number of allylic oxidation sites excluding steroid dienone is 1. The van der Waals surface area contributed by atoms with Gasteiger partial charge in [-0.3, -0.25) is 4.79 Å². The molecule has 0 spiro atoms. The molecule has 1 saturated carbocycles. The van der Waals surface area contributed by atoms with Crippen LogP contribution >= 0.6 is 0 Å². The second-order valence-electron chi connectivity index (χ2n) is 8.22. The van der Waals surface area contributed by atoms with E-state index in [1.165, 1.54) is 6.08 Å². The van der Waals surface area contributed by atoms with Crippen molar-refractivity contribution in [2.24, 2.45) is 17.8 Å². The molecule has 2 N–H and O–H groups in total. The van der Waals surface area contributed by atoms with Crippen molar-refractivity contribution >= 4 is 5.97 Å². The number of alkyl halides is 2. The van der Waals surface area contributed by atoms with Crippen LogP contribution in [-0.2, 0) is 9.53 Å². The molecule has 2 rings (SSSR count). The lowest BCUT2D eigenvalue weighted by atomic mass is 9.86. The Balaban J connectivity index is 1.89. The van der Waals surface area contributed by atoms with Crippen molar-refractivity contribution < 1.29 is 28.5 Å². The zero-order valence-corrected chi connectivity index (χ0v) is 16.3. The number of aliphatic carboxylic acids is 1. The summed E-state index contributed by atoms with van der Waals surface area (Å²) in [5.74, 6) is -3.52. The lowest BCUT2D eigenvalue weighted by molar-refractivity contribution is -0.137. The van der Waals surface area contributed by atoms with E-state index in [9.17, 15) is 18.7 Å². The molecule has 0 amide bonds. The van der Waals surface area contributed by atoms with Crippen molar-refractivity contribution in [2.45, 2.75) is 89.3 Å². The number of halogens is 2. The first-order valence-electron chi connectivity index (χ1n) is 10.4. The minimum atomic E-state index is -2.82. The Bertz CT molecular complexity index is 495. The summed E-state index contributed by atoms with van der Waals surface area (Å²) in [6, 6.07) is 0. The monoisotopic (exact) mass is 388 g/mol. The van der Waals surface area contributed by atoms with Crippen LogP contribution in [0.4, 0.5) is 8.78 Å². The summed E-state index contributed by atoms with van der Waals surface area (Å²) >= 11 is 0. The van der Waals surface area contributed by atoms with Gasteiger partial charge in [-0.15, -0.1) is 0 Å². The van der Waals surface area contributed by atoms with Crippen LogP contribution in [0, 0.1) is 17.8 Å². The molecule has 0 radical (unpaired) electrons. The van der Waals surface area contributed by atoms with Gasteiger partial charge in [-0.1, -0.05) is 25.8 Å². The van der Waals surface area contributed by atoms with E-state index >= 15 is 0 Å². The van der Waals surface area contributed by atoms with Crippen LogP contribution in [0.3, 0.4) is 0 Å². The highest BCUT2D eigenvalue weighted by atomic mass is 19.3. The number of carboxylic acids is 1. The van der Waals surface area contributed by atoms with Gasteiger partial charge in [0, 0.05) is 31.8 Å². The molecule has 6 heteroatoms. The average Bonchev–Trinajstić information content (AvgIpc) is 2.76. The molecule has 0 aromatic heterocycles. The maximum Gasteiger partial charge on any atom is 0.303 e. The van der Waals surface area contributed by atoms with Crippen LogP contribution in [0.5, 0.6) is 0 Å². The Labute approximate surface area is 161 Å². The molecule has 5 atom stereocenters. The summed E-state index contributed by atoms with van der Waals surface area (Å²) < 4.78 is 34.1.